The lowest BCUT2D eigenvalue weighted by Gasteiger charge is -2.16. The molecule has 0 saturated heterocycles. The van der Waals surface area contributed by atoms with Crippen LogP contribution in [0.1, 0.15) is 17.2 Å². The second kappa shape index (κ2) is 6.42. The molecule has 3 atom stereocenters. The lowest BCUT2D eigenvalue weighted by atomic mass is 10.0. The first-order valence-corrected chi connectivity index (χ1v) is 8.59. The molecule has 2 aromatic carbocycles. The van der Waals surface area contributed by atoms with Gasteiger partial charge in [0, 0.05) is 27.5 Å². The highest BCUT2D eigenvalue weighted by molar-refractivity contribution is 7.84. The summed E-state index contributed by atoms with van der Waals surface area (Å²) in [5, 5.41) is 9.57. The van der Waals surface area contributed by atoms with Crippen LogP contribution in [0.5, 0.6) is 0 Å². The highest BCUT2D eigenvalue weighted by atomic mass is 32.2. The van der Waals surface area contributed by atoms with Gasteiger partial charge < -0.3 is 9.84 Å². The standard InChI is InChI=1S/C17H17NO3S/c1-22(20)14-9-7-12(8-10-14)16-15(11-19)18-17(21-16)13-5-3-2-4-6-13/h2-10,15-16,19H,11H2,1H3/t15-,16-,22?/m0/s1. The summed E-state index contributed by atoms with van der Waals surface area (Å²) >= 11 is 0. The number of aliphatic imine (C=N–C) groups is 1. The molecule has 5 heteroatoms. The van der Waals surface area contributed by atoms with Crippen LogP contribution in [0.2, 0.25) is 0 Å². The number of hydrogen-bond acceptors (Lipinski definition) is 4. The molecule has 1 aliphatic rings. The minimum absolute atomic E-state index is 0.0809. The van der Waals surface area contributed by atoms with E-state index in [1.807, 2.05) is 54.6 Å². The van der Waals surface area contributed by atoms with Crippen molar-refractivity contribution in [3.05, 3.63) is 65.7 Å². The Labute approximate surface area is 131 Å². The van der Waals surface area contributed by atoms with Gasteiger partial charge in [-0.3, -0.25) is 4.21 Å². The van der Waals surface area contributed by atoms with Crippen LogP contribution in [0.15, 0.2) is 64.5 Å². The molecule has 0 aliphatic carbocycles. The quantitative estimate of drug-likeness (QED) is 0.942. The molecule has 1 N–H and O–H groups in total. The lowest BCUT2D eigenvalue weighted by Crippen LogP contribution is -2.18. The van der Waals surface area contributed by atoms with Crippen molar-refractivity contribution in [2.75, 3.05) is 12.9 Å². The minimum atomic E-state index is -1.00. The Hall–Kier alpha value is -1.98. The largest absolute Gasteiger partial charge is 0.467 e. The minimum Gasteiger partial charge on any atom is -0.467 e. The van der Waals surface area contributed by atoms with E-state index in [4.69, 9.17) is 4.74 Å². The van der Waals surface area contributed by atoms with Crippen LogP contribution in [-0.4, -0.2) is 34.1 Å². The third kappa shape index (κ3) is 2.96. The maximum Gasteiger partial charge on any atom is 0.217 e. The van der Waals surface area contributed by atoms with E-state index in [1.54, 1.807) is 6.26 Å². The van der Waals surface area contributed by atoms with Crippen LogP contribution in [0.4, 0.5) is 0 Å². The molecule has 1 heterocycles. The van der Waals surface area contributed by atoms with Crippen molar-refractivity contribution in [2.24, 2.45) is 4.99 Å². The zero-order valence-electron chi connectivity index (χ0n) is 12.2. The average Bonchev–Trinajstić information content (AvgIpc) is 3.00. The first-order chi connectivity index (χ1) is 10.7. The van der Waals surface area contributed by atoms with Crippen molar-refractivity contribution in [3.8, 4) is 0 Å². The Balaban J connectivity index is 1.85. The Bertz CT molecular complexity index is 698. The third-order valence-corrected chi connectivity index (χ3v) is 4.56. The zero-order chi connectivity index (χ0) is 15.5. The fraction of sp³-hybridized carbons (Fsp3) is 0.235. The SMILES string of the molecule is CS(=O)c1ccc([C@@H]2OC(c3ccccc3)=N[C@H]2CO)cc1. The summed E-state index contributed by atoms with van der Waals surface area (Å²) < 4.78 is 17.4. The van der Waals surface area contributed by atoms with E-state index < -0.39 is 10.8 Å². The predicted molar refractivity (Wildman–Crippen MR) is 86.5 cm³/mol. The van der Waals surface area contributed by atoms with Crippen LogP contribution in [0, 0.1) is 0 Å². The van der Waals surface area contributed by atoms with Crippen molar-refractivity contribution in [3.63, 3.8) is 0 Å². The molecule has 0 aromatic heterocycles. The second-order valence-corrected chi connectivity index (χ2v) is 6.49. The zero-order valence-corrected chi connectivity index (χ0v) is 13.0. The molecular weight excluding hydrogens is 298 g/mol. The van der Waals surface area contributed by atoms with Crippen LogP contribution in [0.25, 0.3) is 0 Å². The van der Waals surface area contributed by atoms with Gasteiger partial charge in [0.2, 0.25) is 5.90 Å². The molecule has 3 rings (SSSR count). The van der Waals surface area contributed by atoms with Crippen molar-refractivity contribution in [1.82, 2.24) is 0 Å². The summed E-state index contributed by atoms with van der Waals surface area (Å²) in [6, 6.07) is 16.7. The Kier molecular flexibility index (Phi) is 4.36. The molecular formula is C17H17NO3S. The molecule has 4 nitrogen and oxygen atoms in total. The Morgan fingerprint density at radius 3 is 2.41 bits per heavy atom. The van der Waals surface area contributed by atoms with Crippen LogP contribution >= 0.6 is 0 Å². The van der Waals surface area contributed by atoms with Crippen molar-refractivity contribution in [2.45, 2.75) is 17.0 Å². The van der Waals surface area contributed by atoms with Crippen LogP contribution in [-0.2, 0) is 15.5 Å². The van der Waals surface area contributed by atoms with Gasteiger partial charge in [-0.2, -0.15) is 0 Å². The fourth-order valence-corrected chi connectivity index (χ4v) is 2.97. The number of aliphatic hydroxyl groups excluding tert-OH is 1. The molecule has 0 spiro atoms. The molecule has 0 bridgehead atoms. The highest BCUT2D eigenvalue weighted by Crippen LogP contribution is 2.31. The average molecular weight is 315 g/mol. The van der Waals surface area contributed by atoms with Gasteiger partial charge in [0.05, 0.1) is 6.61 Å². The van der Waals surface area contributed by atoms with Gasteiger partial charge in [0.1, 0.15) is 6.04 Å². The molecule has 1 unspecified atom stereocenters. The smallest absolute Gasteiger partial charge is 0.217 e. The van der Waals surface area contributed by atoms with Gasteiger partial charge in [-0.05, 0) is 29.8 Å². The van der Waals surface area contributed by atoms with E-state index >= 15 is 0 Å². The summed E-state index contributed by atoms with van der Waals surface area (Å²) in [5.41, 5.74) is 1.82. The third-order valence-electron chi connectivity index (χ3n) is 3.62. The normalized spacial score (nSPS) is 22.0. The van der Waals surface area contributed by atoms with E-state index in [-0.39, 0.29) is 18.8 Å². The molecule has 0 radical (unpaired) electrons. The Morgan fingerprint density at radius 1 is 1.14 bits per heavy atom. The molecule has 2 aromatic rings. The molecule has 0 saturated carbocycles. The number of rotatable bonds is 4. The number of nitrogens with zero attached hydrogens (tertiary/aromatic N) is 1. The van der Waals surface area contributed by atoms with Gasteiger partial charge in [-0.1, -0.05) is 30.3 Å². The second-order valence-electron chi connectivity index (χ2n) is 5.11. The summed E-state index contributed by atoms with van der Waals surface area (Å²) in [6.45, 7) is -0.0809. The summed E-state index contributed by atoms with van der Waals surface area (Å²) in [6.07, 6.45) is 1.33. The van der Waals surface area contributed by atoms with Crippen molar-refractivity contribution >= 4 is 16.7 Å². The number of aliphatic hydroxyl groups is 1. The maximum absolute atomic E-state index is 11.5. The summed E-state index contributed by atoms with van der Waals surface area (Å²) in [7, 11) is -1.00. The van der Waals surface area contributed by atoms with Gasteiger partial charge in [0.25, 0.3) is 0 Å². The molecule has 0 amide bonds. The van der Waals surface area contributed by atoms with Gasteiger partial charge in [0.15, 0.2) is 6.10 Å². The van der Waals surface area contributed by atoms with Gasteiger partial charge >= 0.3 is 0 Å². The molecule has 1 aliphatic heterocycles. The summed E-state index contributed by atoms with van der Waals surface area (Å²) in [4.78, 5) is 5.25. The van der Waals surface area contributed by atoms with Gasteiger partial charge in [-0.25, -0.2) is 4.99 Å². The van der Waals surface area contributed by atoms with Crippen molar-refractivity contribution in [1.29, 1.82) is 0 Å². The Morgan fingerprint density at radius 2 is 1.82 bits per heavy atom. The first kappa shape index (κ1) is 14.9. The molecule has 114 valence electrons. The van der Waals surface area contributed by atoms with Gasteiger partial charge in [-0.15, -0.1) is 0 Å². The number of ether oxygens (including phenoxy) is 1. The van der Waals surface area contributed by atoms with Crippen molar-refractivity contribution < 1.29 is 14.1 Å². The number of benzene rings is 2. The predicted octanol–water partition coefficient (Wildman–Crippen LogP) is 2.30. The first-order valence-electron chi connectivity index (χ1n) is 7.03. The topological polar surface area (TPSA) is 58.9 Å². The monoisotopic (exact) mass is 315 g/mol. The van der Waals surface area contributed by atoms with E-state index in [0.717, 1.165) is 16.0 Å². The fourth-order valence-electron chi connectivity index (χ4n) is 2.45. The lowest BCUT2D eigenvalue weighted by molar-refractivity contribution is 0.152. The number of hydrogen-bond donors (Lipinski definition) is 1. The molecule has 22 heavy (non-hydrogen) atoms. The van der Waals surface area contributed by atoms with E-state index in [9.17, 15) is 9.32 Å². The van der Waals surface area contributed by atoms with E-state index in [2.05, 4.69) is 4.99 Å². The highest BCUT2D eigenvalue weighted by Gasteiger charge is 2.32. The molecule has 0 fully saturated rings. The van der Waals surface area contributed by atoms with Crippen LogP contribution < -0.4 is 0 Å². The summed E-state index contributed by atoms with van der Waals surface area (Å²) in [5.74, 6) is 0.549. The van der Waals surface area contributed by atoms with Crippen LogP contribution in [0.3, 0.4) is 0 Å². The maximum atomic E-state index is 11.5. The van der Waals surface area contributed by atoms with E-state index in [0.29, 0.717) is 5.90 Å². The van der Waals surface area contributed by atoms with E-state index in [1.165, 1.54) is 0 Å².